The van der Waals surface area contributed by atoms with Crippen molar-refractivity contribution in [2.24, 2.45) is 0 Å². The number of carbonyl (C=O) groups is 1. The van der Waals surface area contributed by atoms with E-state index < -0.39 is 6.10 Å². The van der Waals surface area contributed by atoms with Crippen LogP contribution in [0.1, 0.15) is 194 Å². The normalized spacial score (nSPS) is 13.2. The average molecular weight is 737 g/mol. The third-order valence-electron chi connectivity index (χ3n) is 9.22. The minimum absolute atomic E-state index is 0.183. The van der Waals surface area contributed by atoms with Crippen LogP contribution in [-0.2, 0) is 14.3 Å². The zero-order valence-electron chi connectivity index (χ0n) is 34.8. The number of hydrogen-bond acceptors (Lipinski definition) is 4. The lowest BCUT2D eigenvalue weighted by Gasteiger charge is -2.15. The van der Waals surface area contributed by atoms with Crippen molar-refractivity contribution in [2.75, 3.05) is 19.8 Å². The Kier molecular flexibility index (Phi) is 43.6. The van der Waals surface area contributed by atoms with E-state index in [4.69, 9.17) is 9.47 Å². The third-order valence-corrected chi connectivity index (χ3v) is 9.22. The van der Waals surface area contributed by atoms with Gasteiger partial charge in [-0.3, -0.25) is 4.79 Å². The topological polar surface area (TPSA) is 55.8 Å². The van der Waals surface area contributed by atoms with Crippen LogP contribution < -0.4 is 0 Å². The van der Waals surface area contributed by atoms with Crippen LogP contribution in [0.5, 0.6) is 0 Å². The molecule has 1 N–H and O–H groups in total. The Labute approximate surface area is 329 Å². The first-order valence-electron chi connectivity index (χ1n) is 22.2. The van der Waals surface area contributed by atoms with Gasteiger partial charge in [0.1, 0.15) is 6.10 Å². The predicted octanol–water partition coefficient (Wildman–Crippen LogP) is 14.8. The van der Waals surface area contributed by atoms with E-state index in [1.54, 1.807) is 0 Å². The van der Waals surface area contributed by atoms with Gasteiger partial charge in [-0.2, -0.15) is 0 Å². The molecular weight excluding hydrogens is 653 g/mol. The van der Waals surface area contributed by atoms with E-state index in [0.717, 1.165) is 77.0 Å². The Bertz CT molecular complexity index is 954. The Morgan fingerprint density at radius 1 is 0.453 bits per heavy atom. The molecule has 0 aromatic rings. The van der Waals surface area contributed by atoms with Crippen molar-refractivity contribution in [2.45, 2.75) is 200 Å². The summed E-state index contributed by atoms with van der Waals surface area (Å²) in [6.45, 7) is 5.10. The Balaban J connectivity index is 3.44. The Morgan fingerprint density at radius 3 is 1.19 bits per heavy atom. The zero-order chi connectivity index (χ0) is 38.4. The van der Waals surface area contributed by atoms with Gasteiger partial charge in [-0.25, -0.2) is 0 Å². The van der Waals surface area contributed by atoms with E-state index in [9.17, 15) is 9.90 Å². The third kappa shape index (κ3) is 43.9. The maximum absolute atomic E-state index is 12.2. The van der Waals surface area contributed by atoms with Crippen LogP contribution >= 0.6 is 0 Å². The molecule has 0 fully saturated rings. The SMILES string of the molecule is CC/C=C\C/C=C\C/C=C\C/C=C\CCCCCCCCCCCCCCCOCC(CO)OC(=O)CCCCCCC/C=C\C/C=C\C/C=C\CC. The summed E-state index contributed by atoms with van der Waals surface area (Å²) >= 11 is 0. The van der Waals surface area contributed by atoms with Crippen LogP contribution in [0.2, 0.25) is 0 Å². The van der Waals surface area contributed by atoms with Crippen LogP contribution in [0.15, 0.2) is 85.1 Å². The summed E-state index contributed by atoms with van der Waals surface area (Å²) in [7, 11) is 0. The van der Waals surface area contributed by atoms with Gasteiger partial charge in [0.15, 0.2) is 0 Å². The van der Waals surface area contributed by atoms with E-state index in [1.807, 2.05) is 0 Å². The summed E-state index contributed by atoms with van der Waals surface area (Å²) in [6, 6.07) is 0. The number of allylic oxidation sites excluding steroid dienone is 14. The minimum Gasteiger partial charge on any atom is -0.457 e. The van der Waals surface area contributed by atoms with Gasteiger partial charge in [-0.15, -0.1) is 0 Å². The van der Waals surface area contributed by atoms with Gasteiger partial charge in [0.05, 0.1) is 13.2 Å². The quantitative estimate of drug-likeness (QED) is 0.0387. The molecule has 0 aliphatic rings. The molecule has 0 heterocycles. The molecule has 0 saturated heterocycles. The molecule has 53 heavy (non-hydrogen) atoms. The molecule has 0 aliphatic carbocycles. The lowest BCUT2D eigenvalue weighted by atomic mass is 10.0. The van der Waals surface area contributed by atoms with Crippen molar-refractivity contribution in [3.8, 4) is 0 Å². The first-order chi connectivity index (χ1) is 26.2. The second-order valence-corrected chi connectivity index (χ2v) is 14.4. The number of hydrogen-bond donors (Lipinski definition) is 1. The molecule has 0 aromatic heterocycles. The fourth-order valence-electron chi connectivity index (χ4n) is 5.98. The second-order valence-electron chi connectivity index (χ2n) is 14.4. The maximum atomic E-state index is 12.2. The zero-order valence-corrected chi connectivity index (χ0v) is 34.8. The Hall–Kier alpha value is -2.43. The molecule has 0 aliphatic heterocycles. The monoisotopic (exact) mass is 737 g/mol. The van der Waals surface area contributed by atoms with E-state index in [-0.39, 0.29) is 19.2 Å². The van der Waals surface area contributed by atoms with Gasteiger partial charge in [0, 0.05) is 13.0 Å². The summed E-state index contributed by atoms with van der Waals surface area (Å²) in [4.78, 5) is 12.2. The lowest BCUT2D eigenvalue weighted by molar-refractivity contribution is -0.154. The summed E-state index contributed by atoms with van der Waals surface area (Å²) in [5.74, 6) is -0.220. The van der Waals surface area contributed by atoms with Crippen LogP contribution in [0, 0.1) is 0 Å². The summed E-state index contributed by atoms with van der Waals surface area (Å²) in [6.07, 6.45) is 63.7. The van der Waals surface area contributed by atoms with E-state index in [2.05, 4.69) is 98.9 Å². The number of esters is 1. The van der Waals surface area contributed by atoms with Gasteiger partial charge in [0.2, 0.25) is 0 Å². The standard InChI is InChI=1S/C49H84O4/c1-3-5-7-9-11-13-15-17-19-20-21-22-23-24-25-26-27-28-29-31-33-35-37-39-41-43-45-52-47-48(46-50)53-49(51)44-42-40-38-36-34-32-30-18-16-14-12-10-8-6-4-2/h5-8,11-14,17-19,21-22,30,48,50H,3-4,9-10,15-16,20,23-29,31-47H2,1-2H3/b7-5-,8-6-,13-11-,14-12-,19-17-,22-21-,30-18-. The predicted molar refractivity (Wildman–Crippen MR) is 232 cm³/mol. The largest absolute Gasteiger partial charge is 0.457 e. The van der Waals surface area contributed by atoms with Crippen molar-refractivity contribution in [1.82, 2.24) is 0 Å². The van der Waals surface area contributed by atoms with Crippen LogP contribution in [0.25, 0.3) is 0 Å². The fourth-order valence-corrected chi connectivity index (χ4v) is 5.98. The molecule has 1 unspecified atom stereocenters. The van der Waals surface area contributed by atoms with Crippen molar-refractivity contribution in [3.05, 3.63) is 85.1 Å². The first kappa shape index (κ1) is 50.6. The molecule has 0 radical (unpaired) electrons. The Morgan fingerprint density at radius 2 is 0.792 bits per heavy atom. The molecule has 0 bridgehead atoms. The highest BCUT2D eigenvalue weighted by atomic mass is 16.6. The number of rotatable bonds is 40. The summed E-state index contributed by atoms with van der Waals surface area (Å²) in [5.41, 5.74) is 0. The van der Waals surface area contributed by atoms with Crippen molar-refractivity contribution in [1.29, 1.82) is 0 Å². The molecular formula is C49H84O4. The lowest BCUT2D eigenvalue weighted by Crippen LogP contribution is -2.27. The average Bonchev–Trinajstić information content (AvgIpc) is 3.16. The van der Waals surface area contributed by atoms with Gasteiger partial charge in [-0.05, 0) is 83.5 Å². The van der Waals surface area contributed by atoms with Crippen LogP contribution in [-0.4, -0.2) is 37.0 Å². The number of carbonyl (C=O) groups excluding carboxylic acids is 1. The molecule has 1 atom stereocenters. The molecule has 0 spiro atoms. The molecule has 0 rings (SSSR count). The van der Waals surface area contributed by atoms with Crippen molar-refractivity contribution >= 4 is 5.97 Å². The smallest absolute Gasteiger partial charge is 0.306 e. The first-order valence-corrected chi connectivity index (χ1v) is 22.2. The highest BCUT2D eigenvalue weighted by Gasteiger charge is 2.13. The fraction of sp³-hybridized carbons (Fsp3) is 0.694. The number of aliphatic hydroxyl groups excluding tert-OH is 1. The van der Waals surface area contributed by atoms with Crippen LogP contribution in [0.3, 0.4) is 0 Å². The number of unbranched alkanes of at least 4 members (excludes halogenated alkanes) is 18. The molecule has 4 nitrogen and oxygen atoms in total. The van der Waals surface area contributed by atoms with E-state index in [1.165, 1.54) is 96.3 Å². The van der Waals surface area contributed by atoms with Gasteiger partial charge in [-0.1, -0.05) is 189 Å². The second kappa shape index (κ2) is 45.7. The molecule has 0 aromatic carbocycles. The minimum atomic E-state index is -0.548. The van der Waals surface area contributed by atoms with Crippen molar-refractivity contribution in [3.63, 3.8) is 0 Å². The van der Waals surface area contributed by atoms with Gasteiger partial charge in [0.25, 0.3) is 0 Å². The number of aliphatic hydroxyl groups is 1. The maximum Gasteiger partial charge on any atom is 0.306 e. The van der Waals surface area contributed by atoms with Gasteiger partial charge >= 0.3 is 5.97 Å². The highest BCUT2D eigenvalue weighted by molar-refractivity contribution is 5.69. The number of ether oxygens (including phenoxy) is 2. The van der Waals surface area contributed by atoms with Crippen LogP contribution in [0.4, 0.5) is 0 Å². The molecule has 0 saturated carbocycles. The summed E-state index contributed by atoms with van der Waals surface area (Å²) in [5, 5.41) is 9.60. The van der Waals surface area contributed by atoms with E-state index in [0.29, 0.717) is 13.0 Å². The molecule has 4 heteroatoms. The van der Waals surface area contributed by atoms with Crippen molar-refractivity contribution < 1.29 is 19.4 Å². The van der Waals surface area contributed by atoms with E-state index >= 15 is 0 Å². The molecule has 304 valence electrons. The highest BCUT2D eigenvalue weighted by Crippen LogP contribution is 2.14. The molecule has 0 amide bonds. The summed E-state index contributed by atoms with van der Waals surface area (Å²) < 4.78 is 11.2. The van der Waals surface area contributed by atoms with Gasteiger partial charge < -0.3 is 14.6 Å².